The molecule has 90 valence electrons. The highest BCUT2D eigenvalue weighted by molar-refractivity contribution is 9.10. The first kappa shape index (κ1) is 12.2. The Labute approximate surface area is 106 Å². The van der Waals surface area contributed by atoms with Crippen molar-refractivity contribution in [1.82, 2.24) is 0 Å². The maximum absolute atomic E-state index is 13.3. The van der Waals surface area contributed by atoms with Gasteiger partial charge in [0, 0.05) is 5.56 Å². The van der Waals surface area contributed by atoms with Gasteiger partial charge >= 0.3 is 5.97 Å². The highest BCUT2D eigenvalue weighted by Gasteiger charge is 2.37. The Morgan fingerprint density at radius 2 is 2.29 bits per heavy atom. The Morgan fingerprint density at radius 3 is 2.94 bits per heavy atom. The number of hydrogen-bond donors (Lipinski definition) is 0. The molecule has 2 rings (SSSR count). The standard InChI is InChI=1S/C12H10BrFO3/c1-2-17-12(16)8-3-6-4-10(14)9(13)5-7(6)11(8)15/h4-5,8H,2-3H2,1H3. The van der Waals surface area contributed by atoms with Gasteiger partial charge in [-0.15, -0.1) is 0 Å². The number of ketones is 1. The number of benzene rings is 1. The molecule has 0 fully saturated rings. The fourth-order valence-corrected chi connectivity index (χ4v) is 2.26. The van der Waals surface area contributed by atoms with Gasteiger partial charge in [0.05, 0.1) is 11.1 Å². The first-order chi connectivity index (χ1) is 8.04. The van der Waals surface area contributed by atoms with E-state index in [9.17, 15) is 14.0 Å². The molecule has 1 unspecified atom stereocenters. The van der Waals surface area contributed by atoms with Gasteiger partial charge in [0.2, 0.25) is 0 Å². The summed E-state index contributed by atoms with van der Waals surface area (Å²) in [5, 5.41) is 0. The van der Waals surface area contributed by atoms with Crippen LogP contribution in [0.5, 0.6) is 0 Å². The van der Waals surface area contributed by atoms with Gasteiger partial charge in [0.15, 0.2) is 5.78 Å². The fourth-order valence-electron chi connectivity index (χ4n) is 1.92. The van der Waals surface area contributed by atoms with Gasteiger partial charge in [-0.3, -0.25) is 9.59 Å². The third kappa shape index (κ3) is 2.11. The molecule has 3 nitrogen and oxygen atoms in total. The lowest BCUT2D eigenvalue weighted by Crippen LogP contribution is -2.23. The van der Waals surface area contributed by atoms with Gasteiger partial charge in [0.1, 0.15) is 11.7 Å². The van der Waals surface area contributed by atoms with Crippen LogP contribution in [-0.2, 0) is 16.0 Å². The zero-order valence-corrected chi connectivity index (χ0v) is 10.7. The molecule has 0 amide bonds. The zero-order valence-electron chi connectivity index (χ0n) is 9.13. The highest BCUT2D eigenvalue weighted by atomic mass is 79.9. The molecule has 1 atom stereocenters. The maximum atomic E-state index is 13.3. The number of ether oxygens (including phenoxy) is 1. The number of carbonyl (C=O) groups excluding carboxylic acids is 2. The van der Waals surface area contributed by atoms with Crippen LogP contribution in [0.3, 0.4) is 0 Å². The molecule has 0 radical (unpaired) electrons. The van der Waals surface area contributed by atoms with E-state index in [1.807, 2.05) is 0 Å². The van der Waals surface area contributed by atoms with Crippen molar-refractivity contribution >= 4 is 27.7 Å². The van der Waals surface area contributed by atoms with Crippen molar-refractivity contribution in [1.29, 1.82) is 0 Å². The maximum Gasteiger partial charge on any atom is 0.317 e. The Balaban J connectivity index is 2.33. The molecule has 0 spiro atoms. The molecular weight excluding hydrogens is 291 g/mol. The van der Waals surface area contributed by atoms with Crippen molar-refractivity contribution < 1.29 is 18.7 Å². The lowest BCUT2D eigenvalue weighted by Gasteiger charge is -2.05. The predicted molar refractivity (Wildman–Crippen MR) is 62.3 cm³/mol. The van der Waals surface area contributed by atoms with Crippen LogP contribution in [0.15, 0.2) is 16.6 Å². The van der Waals surface area contributed by atoms with E-state index in [1.54, 1.807) is 6.92 Å². The van der Waals surface area contributed by atoms with Crippen LogP contribution in [0.1, 0.15) is 22.8 Å². The summed E-state index contributed by atoms with van der Waals surface area (Å²) in [6.07, 6.45) is 0.219. The van der Waals surface area contributed by atoms with Crippen molar-refractivity contribution in [2.24, 2.45) is 5.92 Å². The Morgan fingerprint density at radius 1 is 1.59 bits per heavy atom. The third-order valence-electron chi connectivity index (χ3n) is 2.72. The smallest absolute Gasteiger partial charge is 0.317 e. The molecule has 0 heterocycles. The van der Waals surface area contributed by atoms with Crippen LogP contribution in [0.2, 0.25) is 0 Å². The van der Waals surface area contributed by atoms with Gasteiger partial charge in [0.25, 0.3) is 0 Å². The number of carbonyl (C=O) groups is 2. The second-order valence-electron chi connectivity index (χ2n) is 3.80. The van der Waals surface area contributed by atoms with E-state index >= 15 is 0 Å². The highest BCUT2D eigenvalue weighted by Crippen LogP contribution is 2.31. The molecule has 1 aromatic carbocycles. The molecule has 0 aliphatic heterocycles. The van der Waals surface area contributed by atoms with Crippen molar-refractivity contribution in [3.05, 3.63) is 33.5 Å². The van der Waals surface area contributed by atoms with Crippen LogP contribution in [0, 0.1) is 11.7 Å². The number of rotatable bonds is 2. The normalized spacial score (nSPS) is 18.1. The number of fused-ring (bicyclic) bond motifs is 1. The van der Waals surface area contributed by atoms with Crippen molar-refractivity contribution in [3.8, 4) is 0 Å². The zero-order chi connectivity index (χ0) is 12.6. The molecule has 1 aliphatic rings. The van der Waals surface area contributed by atoms with E-state index < -0.39 is 17.7 Å². The number of halogens is 2. The molecule has 17 heavy (non-hydrogen) atoms. The number of hydrogen-bond acceptors (Lipinski definition) is 3. The summed E-state index contributed by atoms with van der Waals surface area (Å²) >= 11 is 3.02. The van der Waals surface area contributed by atoms with E-state index in [1.165, 1.54) is 12.1 Å². The molecule has 0 saturated carbocycles. The summed E-state index contributed by atoms with van der Waals surface area (Å²) in [6.45, 7) is 1.91. The second-order valence-corrected chi connectivity index (χ2v) is 4.65. The van der Waals surface area contributed by atoms with Crippen molar-refractivity contribution in [2.45, 2.75) is 13.3 Å². The van der Waals surface area contributed by atoms with Crippen LogP contribution >= 0.6 is 15.9 Å². The molecule has 0 aromatic heterocycles. The molecule has 0 bridgehead atoms. The lowest BCUT2D eigenvalue weighted by molar-refractivity contribution is -0.145. The Bertz CT molecular complexity index is 499. The fraction of sp³-hybridized carbons (Fsp3) is 0.333. The van der Waals surface area contributed by atoms with Crippen LogP contribution in [-0.4, -0.2) is 18.4 Å². The molecule has 0 saturated heterocycles. The van der Waals surface area contributed by atoms with E-state index in [-0.39, 0.29) is 23.3 Å². The van der Waals surface area contributed by atoms with Gasteiger partial charge in [-0.1, -0.05) is 0 Å². The summed E-state index contributed by atoms with van der Waals surface area (Å²) in [6, 6.07) is 2.71. The summed E-state index contributed by atoms with van der Waals surface area (Å²) in [5.41, 5.74) is 0.963. The first-order valence-corrected chi connectivity index (χ1v) is 6.02. The summed E-state index contributed by atoms with van der Waals surface area (Å²) in [5.74, 6) is -2.08. The minimum absolute atomic E-state index is 0.219. The largest absolute Gasteiger partial charge is 0.465 e. The molecule has 5 heteroatoms. The monoisotopic (exact) mass is 300 g/mol. The van der Waals surface area contributed by atoms with Crippen molar-refractivity contribution in [3.63, 3.8) is 0 Å². The molecular formula is C12H10BrFO3. The molecule has 0 N–H and O–H groups in total. The van der Waals surface area contributed by atoms with Gasteiger partial charge in [-0.2, -0.15) is 0 Å². The topological polar surface area (TPSA) is 43.4 Å². The van der Waals surface area contributed by atoms with E-state index in [0.29, 0.717) is 11.1 Å². The number of Topliss-reactive ketones (excluding diaryl/α,β-unsaturated/α-hetero) is 1. The van der Waals surface area contributed by atoms with Gasteiger partial charge in [-0.05, 0) is 47.0 Å². The average molecular weight is 301 g/mol. The average Bonchev–Trinajstić information content (AvgIpc) is 2.58. The Hall–Kier alpha value is -1.23. The molecule has 1 aliphatic carbocycles. The molecule has 1 aromatic rings. The first-order valence-electron chi connectivity index (χ1n) is 5.23. The van der Waals surface area contributed by atoms with Gasteiger partial charge < -0.3 is 4.74 Å². The predicted octanol–water partition coefficient (Wildman–Crippen LogP) is 2.51. The summed E-state index contributed by atoms with van der Waals surface area (Å²) in [7, 11) is 0. The SMILES string of the molecule is CCOC(=O)C1Cc2cc(F)c(Br)cc2C1=O. The van der Waals surface area contributed by atoms with Crippen molar-refractivity contribution in [2.75, 3.05) is 6.61 Å². The summed E-state index contributed by atoms with van der Waals surface area (Å²) in [4.78, 5) is 23.5. The second kappa shape index (κ2) is 4.56. The quantitative estimate of drug-likeness (QED) is 0.623. The van der Waals surface area contributed by atoms with E-state index in [2.05, 4.69) is 15.9 Å². The van der Waals surface area contributed by atoms with Gasteiger partial charge in [-0.25, -0.2) is 4.39 Å². The van der Waals surface area contributed by atoms with Crippen LogP contribution < -0.4 is 0 Å². The summed E-state index contributed by atoms with van der Waals surface area (Å²) < 4.78 is 18.4. The van der Waals surface area contributed by atoms with E-state index in [4.69, 9.17) is 4.74 Å². The third-order valence-corrected chi connectivity index (χ3v) is 3.33. The van der Waals surface area contributed by atoms with Crippen LogP contribution in [0.25, 0.3) is 0 Å². The Kier molecular flexibility index (Phi) is 3.28. The van der Waals surface area contributed by atoms with E-state index in [0.717, 1.165) is 0 Å². The minimum Gasteiger partial charge on any atom is -0.465 e. The number of esters is 1. The minimum atomic E-state index is -0.821. The van der Waals surface area contributed by atoms with Crippen LogP contribution in [0.4, 0.5) is 4.39 Å². The lowest BCUT2D eigenvalue weighted by atomic mass is 10.1.